The van der Waals surface area contributed by atoms with Crippen molar-refractivity contribution >= 4 is 5.91 Å². The topological polar surface area (TPSA) is 58.4 Å². The molecule has 1 aliphatic carbocycles. The second-order valence-corrected chi connectivity index (χ2v) is 6.41. The number of nitrogens with two attached hydrogens (primary N) is 1. The van der Waals surface area contributed by atoms with Crippen molar-refractivity contribution in [2.24, 2.45) is 17.6 Å². The highest BCUT2D eigenvalue weighted by molar-refractivity contribution is 5.79. The van der Waals surface area contributed by atoms with Gasteiger partial charge >= 0.3 is 0 Å². The summed E-state index contributed by atoms with van der Waals surface area (Å²) in [5, 5.41) is 2.97. The van der Waals surface area contributed by atoms with Crippen LogP contribution in [0.2, 0.25) is 0 Å². The summed E-state index contributed by atoms with van der Waals surface area (Å²) in [7, 11) is 3.81. The van der Waals surface area contributed by atoms with Gasteiger partial charge in [0, 0.05) is 24.6 Å². The number of halogens is 1. The van der Waals surface area contributed by atoms with E-state index in [1.54, 1.807) is 6.07 Å². The summed E-state index contributed by atoms with van der Waals surface area (Å²) in [5.74, 6) is 0.207. The summed E-state index contributed by atoms with van der Waals surface area (Å²) in [5.41, 5.74) is 7.30. The van der Waals surface area contributed by atoms with Crippen LogP contribution in [0.25, 0.3) is 0 Å². The lowest BCUT2D eigenvalue weighted by molar-refractivity contribution is -0.126. The van der Waals surface area contributed by atoms with Crippen LogP contribution in [-0.2, 0) is 17.9 Å². The Morgan fingerprint density at radius 1 is 1.41 bits per heavy atom. The first-order chi connectivity index (χ1) is 10.5. The van der Waals surface area contributed by atoms with Crippen molar-refractivity contribution in [3.8, 4) is 0 Å². The quantitative estimate of drug-likeness (QED) is 0.843. The van der Waals surface area contributed by atoms with Crippen molar-refractivity contribution in [3.63, 3.8) is 0 Å². The average Bonchev–Trinajstić information content (AvgIpc) is 2.95. The van der Waals surface area contributed by atoms with E-state index in [0.717, 1.165) is 24.8 Å². The molecule has 22 heavy (non-hydrogen) atoms. The lowest BCUT2D eigenvalue weighted by Crippen LogP contribution is -2.34. The van der Waals surface area contributed by atoms with Crippen LogP contribution in [0.4, 0.5) is 4.39 Å². The Hall–Kier alpha value is -1.46. The van der Waals surface area contributed by atoms with Crippen LogP contribution in [0.5, 0.6) is 0 Å². The number of hydrogen-bond donors (Lipinski definition) is 2. The molecule has 1 aromatic rings. The maximum absolute atomic E-state index is 13.7. The van der Waals surface area contributed by atoms with Crippen molar-refractivity contribution in [1.29, 1.82) is 0 Å². The van der Waals surface area contributed by atoms with Crippen molar-refractivity contribution in [2.45, 2.75) is 32.4 Å². The minimum Gasteiger partial charge on any atom is -0.352 e. The fourth-order valence-electron chi connectivity index (χ4n) is 3.18. The zero-order valence-corrected chi connectivity index (χ0v) is 13.4. The smallest absolute Gasteiger partial charge is 0.223 e. The third-order valence-corrected chi connectivity index (χ3v) is 4.36. The number of nitrogens with zero attached hydrogens (tertiary/aromatic N) is 1. The van der Waals surface area contributed by atoms with Crippen molar-refractivity contribution in [1.82, 2.24) is 10.2 Å². The van der Waals surface area contributed by atoms with E-state index >= 15 is 0 Å². The number of carbonyl (C=O) groups is 1. The van der Waals surface area contributed by atoms with Crippen LogP contribution in [0.3, 0.4) is 0 Å². The van der Waals surface area contributed by atoms with Crippen molar-refractivity contribution < 1.29 is 9.18 Å². The van der Waals surface area contributed by atoms with Gasteiger partial charge < -0.3 is 16.0 Å². The highest BCUT2D eigenvalue weighted by Crippen LogP contribution is 2.31. The third-order valence-electron chi connectivity index (χ3n) is 4.36. The Labute approximate surface area is 131 Å². The molecule has 0 unspecified atom stereocenters. The molecule has 0 spiro atoms. The van der Waals surface area contributed by atoms with Gasteiger partial charge in [0.1, 0.15) is 5.82 Å². The number of rotatable bonds is 6. The first-order valence-electron chi connectivity index (χ1n) is 7.91. The van der Waals surface area contributed by atoms with E-state index in [1.165, 1.54) is 6.07 Å². The highest BCUT2D eigenvalue weighted by atomic mass is 19.1. The summed E-state index contributed by atoms with van der Waals surface area (Å²) in [4.78, 5) is 14.2. The van der Waals surface area contributed by atoms with E-state index < -0.39 is 0 Å². The Bertz CT molecular complexity index is 519. The number of amides is 1. The monoisotopic (exact) mass is 307 g/mol. The number of benzene rings is 1. The van der Waals surface area contributed by atoms with Gasteiger partial charge in [0.05, 0.1) is 0 Å². The minimum atomic E-state index is -0.206. The number of nitrogens with one attached hydrogen (secondary N) is 1. The van der Waals surface area contributed by atoms with Crippen LogP contribution < -0.4 is 11.1 Å². The molecule has 0 aromatic heterocycles. The second-order valence-electron chi connectivity index (χ2n) is 6.41. The van der Waals surface area contributed by atoms with Gasteiger partial charge in [-0.3, -0.25) is 4.79 Å². The molecule has 0 radical (unpaired) electrons. The minimum absolute atomic E-state index is 0.0340. The molecule has 4 nitrogen and oxygen atoms in total. The summed E-state index contributed by atoms with van der Waals surface area (Å²) >= 11 is 0. The molecule has 0 saturated heterocycles. The third kappa shape index (κ3) is 4.27. The zero-order chi connectivity index (χ0) is 16.1. The predicted octanol–water partition coefficient (Wildman–Crippen LogP) is 1.88. The fourth-order valence-corrected chi connectivity index (χ4v) is 3.18. The van der Waals surface area contributed by atoms with Gasteiger partial charge in [-0.2, -0.15) is 0 Å². The summed E-state index contributed by atoms with van der Waals surface area (Å²) in [6.07, 6.45) is 3.03. The maximum atomic E-state index is 13.7. The molecule has 1 amide bonds. The van der Waals surface area contributed by atoms with E-state index in [0.29, 0.717) is 31.1 Å². The molecular formula is C17H26FN3O. The molecule has 2 atom stereocenters. The Balaban J connectivity index is 1.95. The van der Waals surface area contributed by atoms with Crippen LogP contribution in [0.1, 0.15) is 30.4 Å². The molecular weight excluding hydrogens is 281 g/mol. The molecule has 1 fully saturated rings. The Kier molecular flexibility index (Phi) is 5.91. The van der Waals surface area contributed by atoms with Crippen molar-refractivity contribution in [3.05, 3.63) is 35.1 Å². The lowest BCUT2D eigenvalue weighted by Gasteiger charge is -2.18. The zero-order valence-electron chi connectivity index (χ0n) is 13.4. The van der Waals surface area contributed by atoms with Gasteiger partial charge in [-0.15, -0.1) is 0 Å². The normalized spacial score (nSPS) is 21.3. The first kappa shape index (κ1) is 16.9. The van der Waals surface area contributed by atoms with E-state index in [4.69, 9.17) is 5.73 Å². The summed E-state index contributed by atoms with van der Waals surface area (Å²) < 4.78 is 13.7. The Morgan fingerprint density at radius 3 is 2.86 bits per heavy atom. The molecule has 0 bridgehead atoms. The molecule has 3 N–H and O–H groups in total. The standard InChI is InChI=1S/C17H26FN3O/c1-21(2)11-14-8-12(6-7-16(14)18)10-20-17(22)15-5-3-4-13(15)9-19/h6-8,13,15H,3-5,9-11,19H2,1-2H3,(H,20,22)/t13-,15-/m1/s1. The fraction of sp³-hybridized carbons (Fsp3) is 0.588. The van der Waals surface area contributed by atoms with Crippen molar-refractivity contribution in [2.75, 3.05) is 20.6 Å². The SMILES string of the molecule is CN(C)Cc1cc(CNC(=O)[C@@H]2CCC[C@@H]2CN)ccc1F. The maximum Gasteiger partial charge on any atom is 0.223 e. The summed E-state index contributed by atoms with van der Waals surface area (Å²) in [6.45, 7) is 1.56. The average molecular weight is 307 g/mol. The van der Waals surface area contributed by atoms with E-state index in [-0.39, 0.29) is 17.6 Å². The molecule has 5 heteroatoms. The molecule has 2 rings (SSSR count). The van der Waals surface area contributed by atoms with Crippen LogP contribution >= 0.6 is 0 Å². The largest absolute Gasteiger partial charge is 0.352 e. The lowest BCUT2D eigenvalue weighted by atomic mass is 9.95. The van der Waals surface area contributed by atoms with Crippen LogP contribution in [0.15, 0.2) is 18.2 Å². The number of carbonyl (C=O) groups excluding carboxylic acids is 1. The molecule has 122 valence electrons. The second kappa shape index (κ2) is 7.70. The van der Waals surface area contributed by atoms with Gasteiger partial charge in [0.2, 0.25) is 5.91 Å². The molecule has 1 aromatic carbocycles. The van der Waals surface area contributed by atoms with Gasteiger partial charge in [-0.1, -0.05) is 12.5 Å². The Morgan fingerprint density at radius 2 is 2.18 bits per heavy atom. The van der Waals surface area contributed by atoms with Crippen LogP contribution in [-0.4, -0.2) is 31.4 Å². The van der Waals surface area contributed by atoms with Gasteiger partial charge in [0.25, 0.3) is 0 Å². The first-order valence-corrected chi connectivity index (χ1v) is 7.91. The summed E-state index contributed by atoms with van der Waals surface area (Å²) in [6, 6.07) is 5.02. The van der Waals surface area contributed by atoms with E-state index in [1.807, 2.05) is 25.1 Å². The molecule has 0 heterocycles. The van der Waals surface area contributed by atoms with Crippen LogP contribution in [0, 0.1) is 17.7 Å². The van der Waals surface area contributed by atoms with E-state index in [2.05, 4.69) is 5.32 Å². The van der Waals surface area contributed by atoms with Gasteiger partial charge in [-0.05, 0) is 57.1 Å². The molecule has 1 saturated carbocycles. The number of hydrogen-bond acceptors (Lipinski definition) is 3. The van der Waals surface area contributed by atoms with Gasteiger partial charge in [0.15, 0.2) is 0 Å². The molecule has 1 aliphatic rings. The van der Waals surface area contributed by atoms with E-state index in [9.17, 15) is 9.18 Å². The predicted molar refractivity (Wildman–Crippen MR) is 85.5 cm³/mol. The van der Waals surface area contributed by atoms with Gasteiger partial charge in [-0.25, -0.2) is 4.39 Å². The highest BCUT2D eigenvalue weighted by Gasteiger charge is 2.31. The molecule has 0 aliphatic heterocycles.